The summed E-state index contributed by atoms with van der Waals surface area (Å²) < 4.78 is 5.89. The Labute approximate surface area is 352 Å². The normalized spacial score (nSPS) is 13.8. The number of esters is 1. The number of carbonyl (C=O) groups is 2. The maximum absolute atomic E-state index is 13.1. The molecule has 0 rings (SSSR count). The van der Waals surface area contributed by atoms with Gasteiger partial charge in [-0.25, -0.2) is 0 Å². The van der Waals surface area contributed by atoms with Crippen LogP contribution < -0.4 is 5.32 Å². The van der Waals surface area contributed by atoms with Gasteiger partial charge < -0.3 is 20.3 Å². The number of ether oxygens (including phenoxy) is 1. The summed E-state index contributed by atoms with van der Waals surface area (Å²) in [7, 11) is 0. The second kappa shape index (κ2) is 44.7. The zero-order chi connectivity index (χ0) is 41.7. The number of rotatable bonds is 42. The minimum absolute atomic E-state index is 0.0442. The van der Waals surface area contributed by atoms with Gasteiger partial charge in [-0.1, -0.05) is 197 Å². The number of amides is 1. The van der Waals surface area contributed by atoms with Crippen LogP contribution in [0.3, 0.4) is 0 Å². The van der Waals surface area contributed by atoms with Crippen LogP contribution >= 0.6 is 0 Å². The van der Waals surface area contributed by atoms with Crippen LogP contribution in [0.25, 0.3) is 0 Å². The Morgan fingerprint density at radius 2 is 0.912 bits per heavy atom. The first-order valence-electron chi connectivity index (χ1n) is 24.1. The monoisotopic (exact) mass is 798 g/mol. The van der Waals surface area contributed by atoms with Gasteiger partial charge in [0.05, 0.1) is 25.2 Å². The Balaban J connectivity index is 4.73. The highest BCUT2D eigenvalue weighted by molar-refractivity contribution is 5.77. The first-order valence-corrected chi connectivity index (χ1v) is 24.1. The smallest absolute Gasteiger partial charge is 0.306 e. The van der Waals surface area contributed by atoms with Crippen LogP contribution in [-0.2, 0) is 14.3 Å². The quantitative estimate of drug-likeness (QED) is 0.0247. The first kappa shape index (κ1) is 54.6. The minimum Gasteiger partial charge on any atom is -0.462 e. The Morgan fingerprint density at radius 3 is 1.46 bits per heavy atom. The van der Waals surface area contributed by atoms with Gasteiger partial charge in [0.1, 0.15) is 6.10 Å². The van der Waals surface area contributed by atoms with E-state index in [0.29, 0.717) is 19.3 Å². The number of allylic oxidation sites excluding steroid dienone is 10. The molecule has 57 heavy (non-hydrogen) atoms. The van der Waals surface area contributed by atoms with Gasteiger partial charge >= 0.3 is 5.97 Å². The third kappa shape index (κ3) is 40.1. The van der Waals surface area contributed by atoms with Crippen LogP contribution in [0.15, 0.2) is 60.8 Å². The summed E-state index contributed by atoms with van der Waals surface area (Å²) in [6.45, 7) is 6.39. The Morgan fingerprint density at radius 1 is 0.509 bits per heavy atom. The van der Waals surface area contributed by atoms with E-state index in [1.54, 1.807) is 0 Å². The molecule has 3 atom stereocenters. The third-order valence-electron chi connectivity index (χ3n) is 10.7. The number of carbonyl (C=O) groups excluding carboxylic acids is 2. The van der Waals surface area contributed by atoms with Gasteiger partial charge in [-0.3, -0.25) is 9.59 Å². The molecule has 6 nitrogen and oxygen atoms in total. The van der Waals surface area contributed by atoms with Gasteiger partial charge in [-0.05, 0) is 77.0 Å². The van der Waals surface area contributed by atoms with Crippen molar-refractivity contribution in [3.63, 3.8) is 0 Å². The number of aliphatic hydroxyl groups excluding tert-OH is 2. The van der Waals surface area contributed by atoms with Gasteiger partial charge in [0.25, 0.3) is 0 Å². The molecule has 0 spiro atoms. The molecule has 0 aliphatic carbocycles. The fourth-order valence-corrected chi connectivity index (χ4v) is 6.96. The molecule has 0 aromatic rings. The molecular weight excluding hydrogens is 707 g/mol. The van der Waals surface area contributed by atoms with Crippen molar-refractivity contribution in [2.75, 3.05) is 6.61 Å². The number of hydrogen-bond acceptors (Lipinski definition) is 5. The van der Waals surface area contributed by atoms with E-state index in [9.17, 15) is 19.8 Å². The van der Waals surface area contributed by atoms with Crippen molar-refractivity contribution in [1.29, 1.82) is 0 Å². The van der Waals surface area contributed by atoms with E-state index >= 15 is 0 Å². The molecule has 0 aliphatic rings. The lowest BCUT2D eigenvalue weighted by atomic mass is 10.0. The second-order valence-electron chi connectivity index (χ2n) is 16.2. The van der Waals surface area contributed by atoms with Crippen LogP contribution in [0, 0.1) is 0 Å². The highest BCUT2D eigenvalue weighted by Gasteiger charge is 2.24. The van der Waals surface area contributed by atoms with E-state index in [4.69, 9.17) is 4.74 Å². The average molecular weight is 798 g/mol. The molecule has 0 aliphatic heterocycles. The van der Waals surface area contributed by atoms with Crippen molar-refractivity contribution in [3.05, 3.63) is 60.8 Å². The Hall–Kier alpha value is -2.44. The molecule has 0 aromatic carbocycles. The van der Waals surface area contributed by atoms with Crippen LogP contribution in [0.2, 0.25) is 0 Å². The first-order chi connectivity index (χ1) is 28.0. The summed E-state index contributed by atoms with van der Waals surface area (Å²) in [5, 5.41) is 23.6. The molecule has 3 unspecified atom stereocenters. The van der Waals surface area contributed by atoms with Crippen molar-refractivity contribution in [3.8, 4) is 0 Å². The van der Waals surface area contributed by atoms with Gasteiger partial charge in [0.15, 0.2) is 0 Å². The van der Waals surface area contributed by atoms with Gasteiger partial charge in [-0.2, -0.15) is 0 Å². The number of aliphatic hydroxyl groups is 2. The van der Waals surface area contributed by atoms with E-state index in [-0.39, 0.29) is 24.9 Å². The lowest BCUT2D eigenvalue weighted by Gasteiger charge is -2.24. The topological polar surface area (TPSA) is 95.9 Å². The Kier molecular flexibility index (Phi) is 42.7. The molecular formula is C51H91NO5. The summed E-state index contributed by atoms with van der Waals surface area (Å²) in [6.07, 6.45) is 54.2. The highest BCUT2D eigenvalue weighted by atomic mass is 16.5. The summed E-state index contributed by atoms with van der Waals surface area (Å²) in [6, 6.07) is -0.717. The summed E-state index contributed by atoms with van der Waals surface area (Å²) in [5.74, 6) is -0.534. The number of unbranched alkanes of at least 4 members (excludes halogenated alkanes) is 23. The van der Waals surface area contributed by atoms with Crippen molar-refractivity contribution in [1.82, 2.24) is 5.32 Å². The fourth-order valence-electron chi connectivity index (χ4n) is 6.96. The average Bonchev–Trinajstić information content (AvgIpc) is 3.20. The van der Waals surface area contributed by atoms with Crippen LogP contribution in [-0.4, -0.2) is 46.9 Å². The summed E-state index contributed by atoms with van der Waals surface area (Å²) in [4.78, 5) is 26.0. The molecule has 0 saturated carbocycles. The van der Waals surface area contributed by atoms with Crippen LogP contribution in [0.4, 0.5) is 0 Å². The zero-order valence-corrected chi connectivity index (χ0v) is 37.5. The molecule has 1 amide bonds. The maximum Gasteiger partial charge on any atom is 0.306 e. The maximum atomic E-state index is 13.1. The van der Waals surface area contributed by atoms with Gasteiger partial charge in [-0.15, -0.1) is 0 Å². The SMILES string of the molecule is CCCCC/C=C/C=C/C=C/C=C/CCCCCC(CC(=O)NC(CO)C(O)CCCCCCCCCCC)OC(=O)CCCCC/C=C\CCCCCCCC. The Bertz CT molecular complexity index is 1030. The molecule has 0 saturated heterocycles. The molecule has 3 N–H and O–H groups in total. The van der Waals surface area contributed by atoms with Crippen molar-refractivity contribution in [2.24, 2.45) is 0 Å². The van der Waals surface area contributed by atoms with E-state index in [1.807, 2.05) is 6.08 Å². The molecule has 0 heterocycles. The standard InChI is InChI=1S/C51H91NO5/c1-4-7-10-13-16-19-21-23-24-25-27-28-31-33-36-39-42-47(57-51(56)44-41-38-35-32-29-26-22-20-17-14-11-8-5-2)45-50(55)52-48(46-53)49(54)43-40-37-34-30-18-15-12-9-6-3/h16,19,21,23-29,47-49,53-54H,4-15,17-18,20,22,30-46H2,1-3H3,(H,52,55)/b19-16+,23-21+,25-24+,28-27+,29-26-. The molecule has 330 valence electrons. The lowest BCUT2D eigenvalue weighted by molar-refractivity contribution is -0.151. The molecule has 0 radical (unpaired) electrons. The van der Waals surface area contributed by atoms with E-state index in [0.717, 1.165) is 83.5 Å². The van der Waals surface area contributed by atoms with Crippen LogP contribution in [0.1, 0.15) is 226 Å². The van der Waals surface area contributed by atoms with Crippen LogP contribution in [0.5, 0.6) is 0 Å². The van der Waals surface area contributed by atoms with E-state index in [1.165, 1.54) is 96.3 Å². The minimum atomic E-state index is -0.800. The van der Waals surface area contributed by atoms with Crippen molar-refractivity contribution in [2.45, 2.75) is 244 Å². The summed E-state index contributed by atoms with van der Waals surface area (Å²) >= 11 is 0. The fraction of sp³-hybridized carbons (Fsp3) is 0.765. The van der Waals surface area contributed by atoms with E-state index in [2.05, 4.69) is 80.8 Å². The zero-order valence-electron chi connectivity index (χ0n) is 37.5. The molecule has 6 heteroatoms. The predicted octanol–water partition coefficient (Wildman–Crippen LogP) is 14.1. The van der Waals surface area contributed by atoms with E-state index < -0.39 is 18.2 Å². The molecule has 0 fully saturated rings. The molecule has 0 aromatic heterocycles. The predicted molar refractivity (Wildman–Crippen MR) is 245 cm³/mol. The van der Waals surface area contributed by atoms with Gasteiger partial charge in [0, 0.05) is 6.42 Å². The summed E-state index contributed by atoms with van der Waals surface area (Å²) in [5.41, 5.74) is 0. The van der Waals surface area contributed by atoms with Crippen molar-refractivity contribution >= 4 is 11.9 Å². The largest absolute Gasteiger partial charge is 0.462 e. The number of nitrogens with one attached hydrogen (secondary N) is 1. The lowest BCUT2D eigenvalue weighted by Crippen LogP contribution is -2.46. The highest BCUT2D eigenvalue weighted by Crippen LogP contribution is 2.17. The number of hydrogen-bond donors (Lipinski definition) is 3. The third-order valence-corrected chi connectivity index (χ3v) is 10.7. The second-order valence-corrected chi connectivity index (χ2v) is 16.2. The molecule has 0 bridgehead atoms. The van der Waals surface area contributed by atoms with Gasteiger partial charge in [0.2, 0.25) is 5.91 Å². The van der Waals surface area contributed by atoms with Crippen molar-refractivity contribution < 1.29 is 24.5 Å².